The van der Waals surface area contributed by atoms with Gasteiger partial charge in [-0.1, -0.05) is 12.1 Å². The molecule has 2 rings (SSSR count). The first kappa shape index (κ1) is 13.5. The van der Waals surface area contributed by atoms with Crippen molar-refractivity contribution in [3.05, 3.63) is 29.8 Å². The minimum Gasteiger partial charge on any atom is -0.508 e. The van der Waals surface area contributed by atoms with E-state index in [1.165, 1.54) is 0 Å². The van der Waals surface area contributed by atoms with Crippen molar-refractivity contribution in [2.75, 3.05) is 20.1 Å². The van der Waals surface area contributed by atoms with Crippen LogP contribution >= 0.6 is 17.0 Å². The Balaban J connectivity index is 0.00000128. The van der Waals surface area contributed by atoms with E-state index in [0.717, 1.165) is 18.7 Å². The van der Waals surface area contributed by atoms with E-state index in [2.05, 4.69) is 18.9 Å². The molecule has 2 atom stereocenters. The van der Waals surface area contributed by atoms with Crippen LogP contribution in [0.1, 0.15) is 18.6 Å². The highest BCUT2D eigenvalue weighted by Crippen LogP contribution is 2.26. The molecule has 0 bridgehead atoms. The lowest BCUT2D eigenvalue weighted by Crippen LogP contribution is -2.40. The largest absolute Gasteiger partial charge is 0.508 e. The zero-order valence-electron chi connectivity index (χ0n) is 9.59. The molecule has 0 aromatic heterocycles. The Hall–Kier alpha value is -0.580. The molecule has 1 heterocycles. The van der Waals surface area contributed by atoms with Gasteiger partial charge in [-0.05, 0) is 31.7 Å². The molecule has 16 heavy (non-hydrogen) atoms. The number of ether oxygens (including phenoxy) is 1. The second-order valence-corrected chi connectivity index (χ2v) is 4.25. The van der Waals surface area contributed by atoms with Gasteiger partial charge >= 0.3 is 0 Å². The van der Waals surface area contributed by atoms with Gasteiger partial charge in [-0.2, -0.15) is 0 Å². The molecule has 1 fully saturated rings. The van der Waals surface area contributed by atoms with Crippen LogP contribution in [0.15, 0.2) is 24.3 Å². The van der Waals surface area contributed by atoms with Crippen molar-refractivity contribution >= 4 is 17.0 Å². The second kappa shape index (κ2) is 5.66. The SMILES string of the molecule is Br.CC1CN(C)CC(c2cccc(O)c2)O1. The number of morpholine rings is 1. The summed E-state index contributed by atoms with van der Waals surface area (Å²) >= 11 is 0. The van der Waals surface area contributed by atoms with Gasteiger partial charge in [0.2, 0.25) is 0 Å². The number of phenolic OH excluding ortho intramolecular Hbond substituents is 1. The summed E-state index contributed by atoms with van der Waals surface area (Å²) in [4.78, 5) is 2.25. The minimum absolute atomic E-state index is 0. The lowest BCUT2D eigenvalue weighted by Gasteiger charge is -2.34. The number of hydrogen-bond donors (Lipinski definition) is 1. The van der Waals surface area contributed by atoms with Crippen molar-refractivity contribution in [1.29, 1.82) is 0 Å². The van der Waals surface area contributed by atoms with Crippen LogP contribution in [0.4, 0.5) is 0 Å². The number of nitrogens with zero attached hydrogens (tertiary/aromatic N) is 1. The fourth-order valence-electron chi connectivity index (χ4n) is 2.07. The lowest BCUT2D eigenvalue weighted by atomic mass is 10.1. The van der Waals surface area contributed by atoms with Gasteiger partial charge in [0, 0.05) is 13.1 Å². The number of benzene rings is 1. The molecule has 90 valence electrons. The molecule has 1 aliphatic heterocycles. The van der Waals surface area contributed by atoms with Gasteiger partial charge in [-0.15, -0.1) is 17.0 Å². The Kier molecular flexibility index (Phi) is 4.77. The summed E-state index contributed by atoms with van der Waals surface area (Å²) in [5.74, 6) is 0.303. The molecular weight excluding hydrogens is 270 g/mol. The third kappa shape index (κ3) is 3.20. The Morgan fingerprint density at radius 2 is 2.12 bits per heavy atom. The average Bonchev–Trinajstić information content (AvgIpc) is 2.16. The highest BCUT2D eigenvalue weighted by atomic mass is 79.9. The Morgan fingerprint density at radius 1 is 1.38 bits per heavy atom. The molecule has 0 saturated carbocycles. The van der Waals surface area contributed by atoms with E-state index in [-0.39, 0.29) is 29.2 Å². The van der Waals surface area contributed by atoms with Crippen LogP contribution < -0.4 is 0 Å². The molecule has 0 radical (unpaired) electrons. The summed E-state index contributed by atoms with van der Waals surface area (Å²) < 4.78 is 5.84. The fourth-order valence-corrected chi connectivity index (χ4v) is 2.07. The Morgan fingerprint density at radius 3 is 2.75 bits per heavy atom. The van der Waals surface area contributed by atoms with Crippen molar-refractivity contribution in [3.63, 3.8) is 0 Å². The maximum absolute atomic E-state index is 9.41. The zero-order valence-corrected chi connectivity index (χ0v) is 11.3. The molecule has 1 aromatic rings. The highest BCUT2D eigenvalue weighted by molar-refractivity contribution is 8.93. The Labute approximate surface area is 107 Å². The quantitative estimate of drug-likeness (QED) is 0.861. The average molecular weight is 288 g/mol. The van der Waals surface area contributed by atoms with E-state index in [4.69, 9.17) is 4.74 Å². The molecule has 0 amide bonds. The number of phenols is 1. The summed E-state index contributed by atoms with van der Waals surface area (Å²) in [6.07, 6.45) is 0.321. The summed E-state index contributed by atoms with van der Waals surface area (Å²) in [5.41, 5.74) is 1.05. The number of halogens is 1. The van der Waals surface area contributed by atoms with Crippen LogP contribution in [0.2, 0.25) is 0 Å². The van der Waals surface area contributed by atoms with E-state index >= 15 is 0 Å². The molecule has 1 N–H and O–H groups in total. The first-order chi connectivity index (χ1) is 7.15. The standard InChI is InChI=1S/C12H17NO2.BrH/c1-9-7-13(2)8-12(15-9)10-4-3-5-11(14)6-10;/h3-6,9,12,14H,7-8H2,1-2H3;1H. The van der Waals surface area contributed by atoms with Crippen LogP contribution in [-0.2, 0) is 4.74 Å². The van der Waals surface area contributed by atoms with Gasteiger partial charge in [0.05, 0.1) is 12.2 Å². The Bertz CT molecular complexity index is 336. The van der Waals surface area contributed by atoms with E-state index < -0.39 is 0 Å². The van der Waals surface area contributed by atoms with Crippen molar-refractivity contribution in [3.8, 4) is 5.75 Å². The number of aromatic hydroxyl groups is 1. The highest BCUT2D eigenvalue weighted by Gasteiger charge is 2.24. The van der Waals surface area contributed by atoms with Crippen LogP contribution in [0.5, 0.6) is 5.75 Å². The normalized spacial score (nSPS) is 26.1. The van der Waals surface area contributed by atoms with Crippen LogP contribution in [0, 0.1) is 0 Å². The van der Waals surface area contributed by atoms with Gasteiger partial charge in [-0.25, -0.2) is 0 Å². The van der Waals surface area contributed by atoms with Crippen molar-refractivity contribution in [2.24, 2.45) is 0 Å². The number of likely N-dealkylation sites (N-methyl/N-ethyl adjacent to an activating group) is 1. The fraction of sp³-hybridized carbons (Fsp3) is 0.500. The van der Waals surface area contributed by atoms with Crippen molar-refractivity contribution < 1.29 is 9.84 Å². The van der Waals surface area contributed by atoms with Gasteiger partial charge in [0.1, 0.15) is 5.75 Å². The summed E-state index contributed by atoms with van der Waals surface area (Å²) in [6, 6.07) is 7.31. The second-order valence-electron chi connectivity index (χ2n) is 4.25. The first-order valence-corrected chi connectivity index (χ1v) is 5.28. The summed E-state index contributed by atoms with van der Waals surface area (Å²) in [7, 11) is 2.09. The molecule has 0 spiro atoms. The third-order valence-electron chi connectivity index (χ3n) is 2.68. The maximum atomic E-state index is 9.41. The zero-order chi connectivity index (χ0) is 10.8. The summed E-state index contributed by atoms with van der Waals surface area (Å²) in [6.45, 7) is 3.93. The molecule has 4 heteroatoms. The molecule has 3 nitrogen and oxygen atoms in total. The van der Waals surface area contributed by atoms with Crippen LogP contribution in [-0.4, -0.2) is 36.2 Å². The van der Waals surface area contributed by atoms with Crippen molar-refractivity contribution in [1.82, 2.24) is 4.90 Å². The molecule has 2 unspecified atom stereocenters. The number of hydrogen-bond acceptors (Lipinski definition) is 3. The monoisotopic (exact) mass is 287 g/mol. The minimum atomic E-state index is 0. The first-order valence-electron chi connectivity index (χ1n) is 5.28. The van der Waals surface area contributed by atoms with Crippen molar-refractivity contribution in [2.45, 2.75) is 19.1 Å². The van der Waals surface area contributed by atoms with Gasteiger partial charge in [-0.3, -0.25) is 0 Å². The van der Waals surface area contributed by atoms with Crippen LogP contribution in [0.25, 0.3) is 0 Å². The lowest BCUT2D eigenvalue weighted by molar-refractivity contribution is -0.0715. The maximum Gasteiger partial charge on any atom is 0.115 e. The van der Waals surface area contributed by atoms with Gasteiger partial charge in [0.15, 0.2) is 0 Å². The van der Waals surface area contributed by atoms with E-state index in [1.807, 2.05) is 12.1 Å². The molecule has 1 saturated heterocycles. The predicted octanol–water partition coefficient (Wildman–Crippen LogP) is 2.36. The molecule has 1 aliphatic rings. The van der Waals surface area contributed by atoms with E-state index in [9.17, 15) is 5.11 Å². The molecular formula is C12H18BrNO2. The topological polar surface area (TPSA) is 32.7 Å². The molecule has 1 aromatic carbocycles. The van der Waals surface area contributed by atoms with Gasteiger partial charge in [0.25, 0.3) is 0 Å². The van der Waals surface area contributed by atoms with Gasteiger partial charge < -0.3 is 14.7 Å². The number of rotatable bonds is 1. The van der Waals surface area contributed by atoms with E-state index in [0.29, 0.717) is 5.75 Å². The van der Waals surface area contributed by atoms with E-state index in [1.54, 1.807) is 12.1 Å². The smallest absolute Gasteiger partial charge is 0.115 e. The third-order valence-corrected chi connectivity index (χ3v) is 2.68. The summed E-state index contributed by atoms with van der Waals surface area (Å²) in [5, 5.41) is 9.41. The molecule has 0 aliphatic carbocycles. The van der Waals surface area contributed by atoms with Crippen LogP contribution in [0.3, 0.4) is 0 Å². The predicted molar refractivity (Wildman–Crippen MR) is 69.2 cm³/mol.